The van der Waals surface area contributed by atoms with Crippen LogP contribution in [0, 0.1) is 0 Å². The van der Waals surface area contributed by atoms with Gasteiger partial charge in [0, 0.05) is 25.4 Å². The van der Waals surface area contributed by atoms with E-state index in [0.29, 0.717) is 31.8 Å². The van der Waals surface area contributed by atoms with Gasteiger partial charge in [-0.3, -0.25) is 4.79 Å². The number of methoxy groups -OCH3 is 1. The lowest BCUT2D eigenvalue weighted by Crippen LogP contribution is -2.23. The first kappa shape index (κ1) is 16.0. The summed E-state index contributed by atoms with van der Waals surface area (Å²) < 4.78 is 4.59. The van der Waals surface area contributed by atoms with Crippen molar-refractivity contribution in [1.29, 1.82) is 0 Å². The van der Waals surface area contributed by atoms with E-state index in [0.717, 1.165) is 11.1 Å². The van der Waals surface area contributed by atoms with Crippen LogP contribution in [0.3, 0.4) is 0 Å². The molecule has 0 amide bonds. The zero-order chi connectivity index (χ0) is 14.1. The summed E-state index contributed by atoms with van der Waals surface area (Å²) in [6.45, 7) is 1.16. The van der Waals surface area contributed by atoms with Gasteiger partial charge in [-0.15, -0.1) is 11.6 Å². The lowest BCUT2D eigenvalue weighted by molar-refractivity contribution is -0.140. The highest BCUT2D eigenvalue weighted by molar-refractivity contribution is 6.18. The number of aryl methyl sites for hydroxylation is 1. The molecular formula is C14H20ClNO3. The molecule has 0 aliphatic carbocycles. The van der Waals surface area contributed by atoms with Crippen LogP contribution in [0.2, 0.25) is 0 Å². The van der Waals surface area contributed by atoms with Gasteiger partial charge in [0.25, 0.3) is 0 Å². The topological polar surface area (TPSA) is 58.6 Å². The van der Waals surface area contributed by atoms with Crippen LogP contribution < -0.4 is 5.32 Å². The van der Waals surface area contributed by atoms with E-state index >= 15 is 0 Å². The van der Waals surface area contributed by atoms with E-state index in [4.69, 9.17) is 11.6 Å². The summed E-state index contributed by atoms with van der Waals surface area (Å²) in [6.07, 6.45) is 0.473. The van der Waals surface area contributed by atoms with Crippen molar-refractivity contribution in [3.8, 4) is 0 Å². The van der Waals surface area contributed by atoms with E-state index in [-0.39, 0.29) is 5.97 Å². The molecule has 19 heavy (non-hydrogen) atoms. The van der Waals surface area contributed by atoms with Crippen molar-refractivity contribution < 1.29 is 14.6 Å². The number of rotatable bonds is 8. The molecule has 0 saturated heterocycles. The van der Waals surface area contributed by atoms with Crippen molar-refractivity contribution in [2.75, 3.05) is 26.1 Å². The molecule has 1 aromatic rings. The Morgan fingerprint density at radius 2 is 2.11 bits per heavy atom. The van der Waals surface area contributed by atoms with Gasteiger partial charge in [0.15, 0.2) is 0 Å². The molecule has 0 aliphatic heterocycles. The third-order valence-corrected chi connectivity index (χ3v) is 3.01. The second-order valence-corrected chi connectivity index (χ2v) is 4.60. The average molecular weight is 286 g/mol. The number of hydrogen-bond acceptors (Lipinski definition) is 4. The van der Waals surface area contributed by atoms with Crippen molar-refractivity contribution in [3.05, 3.63) is 35.4 Å². The number of alkyl halides is 1. The molecule has 1 rings (SSSR count). The molecule has 2 N–H and O–H groups in total. The molecule has 0 aromatic heterocycles. The molecule has 1 unspecified atom stereocenters. The average Bonchev–Trinajstić information content (AvgIpc) is 2.45. The Hall–Kier alpha value is -1.10. The van der Waals surface area contributed by atoms with E-state index in [9.17, 15) is 9.90 Å². The second kappa shape index (κ2) is 8.91. The summed E-state index contributed by atoms with van der Waals surface area (Å²) in [4.78, 5) is 11.0. The van der Waals surface area contributed by atoms with Crippen LogP contribution in [0.5, 0.6) is 0 Å². The first-order valence-electron chi connectivity index (χ1n) is 6.27. The van der Waals surface area contributed by atoms with Crippen molar-refractivity contribution in [1.82, 2.24) is 5.32 Å². The Labute approximate surface area is 118 Å². The summed E-state index contributed by atoms with van der Waals surface area (Å²) in [5, 5.41) is 13.0. The molecular weight excluding hydrogens is 266 g/mol. The van der Waals surface area contributed by atoms with Crippen molar-refractivity contribution >= 4 is 17.6 Å². The predicted molar refractivity (Wildman–Crippen MR) is 75.3 cm³/mol. The maximum atomic E-state index is 11.0. The van der Waals surface area contributed by atoms with Crippen LogP contribution in [0.25, 0.3) is 0 Å². The molecule has 0 fully saturated rings. The van der Waals surface area contributed by atoms with Gasteiger partial charge in [0.05, 0.1) is 13.2 Å². The smallest absolute Gasteiger partial charge is 0.305 e. The Balaban J connectivity index is 2.44. The molecule has 0 saturated carbocycles. The number of esters is 1. The van der Waals surface area contributed by atoms with Crippen molar-refractivity contribution in [3.63, 3.8) is 0 Å². The van der Waals surface area contributed by atoms with Gasteiger partial charge < -0.3 is 15.2 Å². The molecule has 5 heteroatoms. The predicted octanol–water partition coefficient (Wildman–Crippen LogP) is 1.65. The fourth-order valence-corrected chi connectivity index (χ4v) is 1.81. The minimum absolute atomic E-state index is 0.214. The van der Waals surface area contributed by atoms with Crippen molar-refractivity contribution in [2.45, 2.75) is 18.9 Å². The first-order valence-corrected chi connectivity index (χ1v) is 6.81. The summed E-state index contributed by atoms with van der Waals surface area (Å²) in [5.41, 5.74) is 1.90. The van der Waals surface area contributed by atoms with Crippen molar-refractivity contribution in [2.24, 2.45) is 0 Å². The van der Waals surface area contributed by atoms with Crippen LogP contribution in [0.4, 0.5) is 0 Å². The molecule has 1 aromatic carbocycles. The summed E-state index contributed by atoms with van der Waals surface area (Å²) in [6, 6.07) is 7.59. The molecule has 0 heterocycles. The number of aliphatic hydroxyl groups is 1. The summed E-state index contributed by atoms with van der Waals surface area (Å²) in [7, 11) is 1.38. The third kappa shape index (κ3) is 6.05. The van der Waals surface area contributed by atoms with Gasteiger partial charge in [0.2, 0.25) is 0 Å². The number of carbonyl (C=O) groups excluding carboxylic acids is 1. The van der Waals surface area contributed by atoms with Gasteiger partial charge in [-0.1, -0.05) is 24.3 Å². The zero-order valence-corrected chi connectivity index (χ0v) is 11.8. The van der Waals surface area contributed by atoms with E-state index in [1.165, 1.54) is 7.11 Å². The molecule has 4 nitrogen and oxygen atoms in total. The molecule has 0 spiro atoms. The van der Waals surface area contributed by atoms with Gasteiger partial charge in [-0.25, -0.2) is 0 Å². The SMILES string of the molecule is COC(=O)CCc1ccc(C(O)CNCCCl)cc1. The first-order chi connectivity index (χ1) is 9.17. The minimum atomic E-state index is -0.544. The molecule has 106 valence electrons. The Bertz CT molecular complexity index is 381. The number of hydrogen-bond donors (Lipinski definition) is 2. The number of halogens is 1. The Morgan fingerprint density at radius 3 is 2.68 bits per heavy atom. The molecule has 0 radical (unpaired) electrons. The second-order valence-electron chi connectivity index (χ2n) is 4.23. The number of ether oxygens (including phenoxy) is 1. The molecule has 0 aliphatic rings. The lowest BCUT2D eigenvalue weighted by Gasteiger charge is -2.12. The number of carbonyl (C=O) groups is 1. The maximum absolute atomic E-state index is 11.0. The number of nitrogens with one attached hydrogen (secondary N) is 1. The van der Waals surface area contributed by atoms with Crippen LogP contribution >= 0.6 is 11.6 Å². The normalized spacial score (nSPS) is 12.2. The quantitative estimate of drug-likeness (QED) is 0.433. The van der Waals surface area contributed by atoms with Crippen LogP contribution in [0.1, 0.15) is 23.7 Å². The summed E-state index contributed by atoms with van der Waals surface area (Å²) >= 11 is 5.54. The Morgan fingerprint density at radius 1 is 1.42 bits per heavy atom. The van der Waals surface area contributed by atoms with Gasteiger partial charge in [-0.05, 0) is 17.5 Å². The van der Waals surface area contributed by atoms with E-state index in [1.54, 1.807) is 0 Å². The molecule has 1 atom stereocenters. The maximum Gasteiger partial charge on any atom is 0.305 e. The fraction of sp³-hybridized carbons (Fsp3) is 0.500. The lowest BCUT2D eigenvalue weighted by atomic mass is 10.0. The highest BCUT2D eigenvalue weighted by Gasteiger charge is 2.07. The standard InChI is InChI=1S/C14H20ClNO3/c1-19-14(18)7-4-11-2-5-12(6-3-11)13(17)10-16-9-8-15/h2-3,5-6,13,16-17H,4,7-10H2,1H3. The monoisotopic (exact) mass is 285 g/mol. The van der Waals surface area contributed by atoms with Crippen LogP contribution in [0.15, 0.2) is 24.3 Å². The van der Waals surface area contributed by atoms with E-state index in [1.807, 2.05) is 24.3 Å². The summed E-state index contributed by atoms with van der Waals surface area (Å²) in [5.74, 6) is 0.313. The van der Waals surface area contributed by atoms with Crippen LogP contribution in [-0.2, 0) is 16.0 Å². The number of benzene rings is 1. The van der Waals surface area contributed by atoms with Gasteiger partial charge >= 0.3 is 5.97 Å². The highest BCUT2D eigenvalue weighted by Crippen LogP contribution is 2.14. The zero-order valence-electron chi connectivity index (χ0n) is 11.1. The van der Waals surface area contributed by atoms with Gasteiger partial charge in [0.1, 0.15) is 0 Å². The van der Waals surface area contributed by atoms with E-state index in [2.05, 4.69) is 10.1 Å². The molecule has 0 bridgehead atoms. The minimum Gasteiger partial charge on any atom is -0.469 e. The van der Waals surface area contributed by atoms with E-state index < -0.39 is 6.10 Å². The highest BCUT2D eigenvalue weighted by atomic mass is 35.5. The third-order valence-electron chi connectivity index (χ3n) is 2.82. The largest absolute Gasteiger partial charge is 0.469 e. The number of aliphatic hydroxyl groups excluding tert-OH is 1. The van der Waals surface area contributed by atoms with Crippen LogP contribution in [-0.4, -0.2) is 37.2 Å². The fourth-order valence-electron chi connectivity index (χ4n) is 1.68. The Kier molecular flexibility index (Phi) is 7.48. The van der Waals surface area contributed by atoms with Gasteiger partial charge in [-0.2, -0.15) is 0 Å².